The molecule has 0 bridgehead atoms. The maximum Gasteiger partial charge on any atom is 0.294 e. The topological polar surface area (TPSA) is 54.4 Å². The third-order valence-electron chi connectivity index (χ3n) is 5.21. The lowest BCUT2D eigenvalue weighted by atomic mass is 9.88. The van der Waals surface area contributed by atoms with Gasteiger partial charge in [0, 0.05) is 0 Å². The summed E-state index contributed by atoms with van der Waals surface area (Å²) < 4.78 is 31.6. The zero-order valence-corrected chi connectivity index (χ0v) is 17.6. The summed E-state index contributed by atoms with van der Waals surface area (Å²) in [5.74, 6) is 0.498. The molecule has 150 valence electrons. The monoisotopic (exact) mass is 382 g/mol. The molecule has 1 N–H and O–H groups in total. The standard InChI is InChI=1S/C22H38O3S/c1-3-5-7-9-11-13-15-20(14-12-10-8-6-4-2)21-16-18-22(19-17-21)26(23,24)25/h16-20H,3-15H2,1-2H3,(H,23,24,25). The molecule has 1 aromatic carbocycles. The van der Waals surface area contributed by atoms with E-state index < -0.39 is 10.1 Å². The molecule has 3 nitrogen and oxygen atoms in total. The Labute approximate surface area is 161 Å². The van der Waals surface area contributed by atoms with Gasteiger partial charge >= 0.3 is 0 Å². The van der Waals surface area contributed by atoms with Crippen LogP contribution in [0.4, 0.5) is 0 Å². The largest absolute Gasteiger partial charge is 0.294 e. The highest BCUT2D eigenvalue weighted by Gasteiger charge is 2.14. The molecule has 0 spiro atoms. The number of unbranched alkanes of at least 4 members (excludes halogenated alkanes) is 9. The highest BCUT2D eigenvalue weighted by Crippen LogP contribution is 2.29. The van der Waals surface area contributed by atoms with Crippen molar-refractivity contribution in [2.75, 3.05) is 0 Å². The van der Waals surface area contributed by atoms with Crippen LogP contribution < -0.4 is 0 Å². The fourth-order valence-corrected chi connectivity index (χ4v) is 4.04. The first-order chi connectivity index (χ1) is 12.5. The van der Waals surface area contributed by atoms with Crippen molar-refractivity contribution in [3.05, 3.63) is 29.8 Å². The van der Waals surface area contributed by atoms with Crippen molar-refractivity contribution < 1.29 is 13.0 Å². The molecule has 0 aliphatic heterocycles. The third-order valence-corrected chi connectivity index (χ3v) is 6.08. The summed E-state index contributed by atoms with van der Waals surface area (Å²) in [5.41, 5.74) is 1.21. The highest BCUT2D eigenvalue weighted by atomic mass is 32.2. The van der Waals surface area contributed by atoms with Gasteiger partial charge in [0.2, 0.25) is 0 Å². The van der Waals surface area contributed by atoms with Crippen molar-refractivity contribution in [1.82, 2.24) is 0 Å². The SMILES string of the molecule is CCCCCCCCC(CCCCCCC)c1ccc(S(=O)(=O)O)cc1. The first kappa shape index (κ1) is 23.2. The molecule has 0 aromatic heterocycles. The Hall–Kier alpha value is -0.870. The lowest BCUT2D eigenvalue weighted by Gasteiger charge is -2.18. The maximum absolute atomic E-state index is 11.2. The predicted molar refractivity (Wildman–Crippen MR) is 110 cm³/mol. The van der Waals surface area contributed by atoms with Gasteiger partial charge in [-0.15, -0.1) is 0 Å². The molecular weight excluding hydrogens is 344 g/mol. The number of hydrogen-bond acceptors (Lipinski definition) is 2. The molecule has 4 heteroatoms. The lowest BCUT2D eigenvalue weighted by molar-refractivity contribution is 0.481. The summed E-state index contributed by atoms with van der Waals surface area (Å²) in [5, 5.41) is 0. The number of hydrogen-bond donors (Lipinski definition) is 1. The van der Waals surface area contributed by atoms with Crippen LogP contribution in [0.2, 0.25) is 0 Å². The molecule has 0 radical (unpaired) electrons. The maximum atomic E-state index is 11.2. The van der Waals surface area contributed by atoms with Gasteiger partial charge in [-0.25, -0.2) is 0 Å². The second-order valence-electron chi connectivity index (χ2n) is 7.50. The van der Waals surface area contributed by atoms with Crippen LogP contribution in [0.25, 0.3) is 0 Å². The molecule has 26 heavy (non-hydrogen) atoms. The fraction of sp³-hybridized carbons (Fsp3) is 0.727. The molecule has 1 atom stereocenters. The van der Waals surface area contributed by atoms with Crippen LogP contribution in [0.1, 0.15) is 109 Å². The van der Waals surface area contributed by atoms with Crippen LogP contribution >= 0.6 is 0 Å². The molecule has 1 rings (SSSR count). The zero-order chi connectivity index (χ0) is 19.3. The molecule has 0 saturated carbocycles. The second-order valence-corrected chi connectivity index (χ2v) is 8.92. The first-order valence-electron chi connectivity index (χ1n) is 10.6. The Bertz CT molecular complexity index is 564. The molecule has 0 heterocycles. The van der Waals surface area contributed by atoms with E-state index in [9.17, 15) is 8.42 Å². The third kappa shape index (κ3) is 9.72. The van der Waals surface area contributed by atoms with E-state index in [4.69, 9.17) is 4.55 Å². The molecule has 0 fully saturated rings. The van der Waals surface area contributed by atoms with Crippen molar-refractivity contribution in [3.63, 3.8) is 0 Å². The van der Waals surface area contributed by atoms with E-state index in [1.807, 2.05) is 12.1 Å². The quantitative estimate of drug-likeness (QED) is 0.259. The summed E-state index contributed by atoms with van der Waals surface area (Å²) >= 11 is 0. The molecule has 0 aliphatic carbocycles. The van der Waals surface area contributed by atoms with Crippen LogP contribution in [-0.2, 0) is 10.1 Å². The lowest BCUT2D eigenvalue weighted by Crippen LogP contribution is -2.02. The summed E-state index contributed by atoms with van der Waals surface area (Å²) in [7, 11) is -4.10. The van der Waals surface area contributed by atoms with Crippen LogP contribution in [0, 0.1) is 0 Å². The summed E-state index contributed by atoms with van der Waals surface area (Å²) in [4.78, 5) is -0.0116. The zero-order valence-electron chi connectivity index (χ0n) is 16.8. The Morgan fingerprint density at radius 2 is 1.15 bits per heavy atom. The predicted octanol–water partition coefficient (Wildman–Crippen LogP) is 7.13. The van der Waals surface area contributed by atoms with Gasteiger partial charge in [0.15, 0.2) is 0 Å². The van der Waals surface area contributed by atoms with Crippen LogP contribution in [-0.4, -0.2) is 13.0 Å². The van der Waals surface area contributed by atoms with E-state index in [2.05, 4.69) is 13.8 Å². The van der Waals surface area contributed by atoms with Gasteiger partial charge in [0.05, 0.1) is 4.90 Å². The van der Waals surface area contributed by atoms with Crippen molar-refractivity contribution in [1.29, 1.82) is 0 Å². The van der Waals surface area contributed by atoms with E-state index in [1.54, 1.807) is 0 Å². The molecule has 0 aliphatic rings. The molecule has 0 amide bonds. The average Bonchev–Trinajstić information content (AvgIpc) is 2.62. The van der Waals surface area contributed by atoms with Gasteiger partial charge in [-0.1, -0.05) is 96.6 Å². The molecule has 1 aromatic rings. The van der Waals surface area contributed by atoms with E-state index in [-0.39, 0.29) is 4.90 Å². The fourth-order valence-electron chi connectivity index (χ4n) is 3.55. The Kier molecular flexibility index (Phi) is 11.9. The van der Waals surface area contributed by atoms with Crippen molar-refractivity contribution in [2.24, 2.45) is 0 Å². The van der Waals surface area contributed by atoms with Gasteiger partial charge in [-0.2, -0.15) is 8.42 Å². The molecule has 1 unspecified atom stereocenters. The number of benzene rings is 1. The van der Waals surface area contributed by atoms with Crippen LogP contribution in [0.3, 0.4) is 0 Å². The van der Waals surface area contributed by atoms with Crippen molar-refractivity contribution >= 4 is 10.1 Å². The average molecular weight is 383 g/mol. The van der Waals surface area contributed by atoms with Crippen molar-refractivity contribution in [3.8, 4) is 0 Å². The van der Waals surface area contributed by atoms with E-state index in [1.165, 1.54) is 101 Å². The minimum atomic E-state index is -4.10. The second kappa shape index (κ2) is 13.3. The molecule has 0 saturated heterocycles. The van der Waals surface area contributed by atoms with Crippen LogP contribution in [0.5, 0.6) is 0 Å². The van der Waals surface area contributed by atoms with Gasteiger partial charge < -0.3 is 0 Å². The van der Waals surface area contributed by atoms with Gasteiger partial charge in [-0.3, -0.25) is 4.55 Å². The summed E-state index contributed by atoms with van der Waals surface area (Å²) in [6.07, 6.45) is 16.5. The molecular formula is C22H38O3S. The van der Waals surface area contributed by atoms with Crippen LogP contribution in [0.15, 0.2) is 29.2 Å². The number of rotatable bonds is 15. The van der Waals surface area contributed by atoms with Gasteiger partial charge in [0.1, 0.15) is 0 Å². The minimum absolute atomic E-state index is 0.0116. The minimum Gasteiger partial charge on any atom is -0.282 e. The summed E-state index contributed by atoms with van der Waals surface area (Å²) in [6.45, 7) is 4.48. The normalized spacial score (nSPS) is 13.0. The Morgan fingerprint density at radius 3 is 1.58 bits per heavy atom. The van der Waals surface area contributed by atoms with E-state index in [0.29, 0.717) is 5.92 Å². The van der Waals surface area contributed by atoms with E-state index >= 15 is 0 Å². The van der Waals surface area contributed by atoms with E-state index in [0.717, 1.165) is 0 Å². The highest BCUT2D eigenvalue weighted by molar-refractivity contribution is 7.85. The Morgan fingerprint density at radius 1 is 0.731 bits per heavy atom. The Balaban J connectivity index is 2.58. The first-order valence-corrected chi connectivity index (χ1v) is 12.0. The van der Waals surface area contributed by atoms with Crippen molar-refractivity contribution in [2.45, 2.75) is 108 Å². The van der Waals surface area contributed by atoms with Gasteiger partial charge in [0.25, 0.3) is 10.1 Å². The smallest absolute Gasteiger partial charge is 0.282 e. The summed E-state index contributed by atoms with van der Waals surface area (Å²) in [6, 6.07) is 6.85. The van der Waals surface area contributed by atoms with Gasteiger partial charge in [-0.05, 0) is 36.5 Å².